The molecule has 10 heteroatoms. The molecule has 0 saturated carbocycles. The SMILES string of the molecule is O=[N+]([O-])c1c[c-]c(-c2nnc(-c3ccccc3)nn2)cc1.[Ir].[c-]1ccc2cc(-c3cccnc3)ccc2c1-c1ccccn1. The van der Waals surface area contributed by atoms with Gasteiger partial charge in [-0.25, -0.2) is 0 Å². The summed E-state index contributed by atoms with van der Waals surface area (Å²) in [6.45, 7) is 0. The second kappa shape index (κ2) is 14.1. The average molecular weight is 752 g/mol. The van der Waals surface area contributed by atoms with Crippen molar-refractivity contribution in [3.05, 3.63) is 150 Å². The smallest absolute Gasteiger partial charge is 0.201 e. The third-order valence-electron chi connectivity index (χ3n) is 6.49. The summed E-state index contributed by atoms with van der Waals surface area (Å²) in [4.78, 5) is 18.7. The van der Waals surface area contributed by atoms with Gasteiger partial charge in [-0.1, -0.05) is 84.2 Å². The molecule has 0 fully saturated rings. The molecular formula is C34H21IrN7O2-2. The van der Waals surface area contributed by atoms with E-state index in [1.165, 1.54) is 29.1 Å². The molecule has 0 bridgehead atoms. The normalized spacial score (nSPS) is 10.3. The van der Waals surface area contributed by atoms with E-state index < -0.39 is 4.92 Å². The minimum Gasteiger partial charge on any atom is -0.305 e. The molecule has 215 valence electrons. The number of nitrogens with zero attached hydrogens (tertiary/aromatic N) is 7. The van der Waals surface area contributed by atoms with Crippen LogP contribution in [0.4, 0.5) is 5.69 Å². The first kappa shape index (κ1) is 29.9. The number of rotatable bonds is 5. The van der Waals surface area contributed by atoms with E-state index in [1.54, 1.807) is 6.20 Å². The van der Waals surface area contributed by atoms with E-state index in [1.807, 2.05) is 73.1 Å². The summed E-state index contributed by atoms with van der Waals surface area (Å²) in [5, 5.41) is 28.9. The van der Waals surface area contributed by atoms with Crippen molar-refractivity contribution >= 4 is 16.5 Å². The summed E-state index contributed by atoms with van der Waals surface area (Å²) in [5.74, 6) is 0.686. The molecule has 4 aromatic carbocycles. The topological polar surface area (TPSA) is 120 Å². The number of hydrogen-bond acceptors (Lipinski definition) is 8. The Kier molecular flexibility index (Phi) is 9.56. The average Bonchev–Trinajstić information content (AvgIpc) is 3.09. The largest absolute Gasteiger partial charge is 0.305 e. The van der Waals surface area contributed by atoms with Gasteiger partial charge in [-0.3, -0.25) is 15.1 Å². The molecule has 0 aliphatic heterocycles. The van der Waals surface area contributed by atoms with Crippen LogP contribution < -0.4 is 0 Å². The number of non-ortho nitro benzene ring substituents is 1. The Morgan fingerprint density at radius 1 is 0.682 bits per heavy atom. The summed E-state index contributed by atoms with van der Waals surface area (Å²) in [6.07, 6.45) is 5.49. The number of nitro benzene ring substituents is 1. The molecular weight excluding hydrogens is 731 g/mol. The van der Waals surface area contributed by atoms with Gasteiger partial charge in [-0.2, -0.15) is 10.2 Å². The Morgan fingerprint density at radius 2 is 1.45 bits per heavy atom. The summed E-state index contributed by atoms with van der Waals surface area (Å²) in [6, 6.07) is 40.0. The van der Waals surface area contributed by atoms with Crippen molar-refractivity contribution in [2.24, 2.45) is 0 Å². The standard InChI is InChI=1S/C20H13N2.C14H8N5O2.Ir/c1-2-12-22-20(8-1)19-7-3-5-16-13-15(9-10-18(16)19)17-6-4-11-21-14-17;20-19(21)12-8-6-11(7-9-12)14-17-15-13(16-18-14)10-4-2-1-3-5-10;/h1-6,8-14H;1-6,8-9H;/q2*-1;. The quantitative estimate of drug-likeness (QED) is 0.104. The van der Waals surface area contributed by atoms with Crippen molar-refractivity contribution in [3.63, 3.8) is 0 Å². The van der Waals surface area contributed by atoms with Crippen molar-refractivity contribution in [3.8, 4) is 45.2 Å². The molecule has 0 aliphatic rings. The minimum atomic E-state index is -0.490. The fourth-order valence-corrected chi connectivity index (χ4v) is 4.37. The molecule has 0 saturated heterocycles. The van der Waals surface area contributed by atoms with Crippen LogP contribution in [-0.4, -0.2) is 35.3 Å². The zero-order valence-corrected chi connectivity index (χ0v) is 25.3. The Bertz CT molecular complexity index is 1980. The molecule has 0 atom stereocenters. The Labute approximate surface area is 266 Å². The van der Waals surface area contributed by atoms with E-state index in [0.717, 1.165) is 27.8 Å². The Morgan fingerprint density at radius 3 is 2.14 bits per heavy atom. The fourth-order valence-electron chi connectivity index (χ4n) is 4.37. The van der Waals surface area contributed by atoms with Crippen molar-refractivity contribution in [2.45, 2.75) is 0 Å². The number of pyridine rings is 2. The number of benzene rings is 4. The maximum atomic E-state index is 10.6. The molecule has 0 N–H and O–H groups in total. The molecule has 3 aromatic heterocycles. The van der Waals surface area contributed by atoms with Gasteiger partial charge in [0.2, 0.25) is 5.82 Å². The molecule has 0 unspecified atom stereocenters. The van der Waals surface area contributed by atoms with Gasteiger partial charge in [0.05, 0.1) is 0 Å². The van der Waals surface area contributed by atoms with Crippen LogP contribution in [0.2, 0.25) is 0 Å². The van der Waals surface area contributed by atoms with Crippen molar-refractivity contribution in [1.29, 1.82) is 0 Å². The predicted molar refractivity (Wildman–Crippen MR) is 163 cm³/mol. The van der Waals surface area contributed by atoms with Gasteiger partial charge >= 0.3 is 0 Å². The van der Waals surface area contributed by atoms with E-state index >= 15 is 0 Å². The fraction of sp³-hybridized carbons (Fsp3) is 0. The van der Waals surface area contributed by atoms with E-state index in [2.05, 4.69) is 72.8 Å². The molecule has 7 rings (SSSR count). The van der Waals surface area contributed by atoms with Crippen LogP contribution >= 0.6 is 0 Å². The molecule has 0 amide bonds. The summed E-state index contributed by atoms with van der Waals surface area (Å²) >= 11 is 0. The molecule has 0 aliphatic carbocycles. The van der Waals surface area contributed by atoms with Crippen molar-refractivity contribution < 1.29 is 25.0 Å². The summed E-state index contributed by atoms with van der Waals surface area (Å²) < 4.78 is 0. The Hall–Kier alpha value is -5.57. The number of hydrogen-bond donors (Lipinski definition) is 0. The maximum absolute atomic E-state index is 10.6. The summed E-state index contributed by atoms with van der Waals surface area (Å²) in [5.41, 5.74) is 5.55. The Balaban J connectivity index is 0.000000171. The zero-order valence-electron chi connectivity index (χ0n) is 22.9. The predicted octanol–water partition coefficient (Wildman–Crippen LogP) is 7.07. The van der Waals surface area contributed by atoms with Crippen LogP contribution in [0, 0.1) is 22.2 Å². The van der Waals surface area contributed by atoms with Gasteiger partial charge in [-0.15, -0.1) is 57.0 Å². The molecule has 7 aromatic rings. The van der Waals surface area contributed by atoms with Gasteiger partial charge in [0.25, 0.3) is 0 Å². The molecule has 1 radical (unpaired) electrons. The van der Waals surface area contributed by atoms with Gasteiger partial charge in [0.1, 0.15) is 5.82 Å². The van der Waals surface area contributed by atoms with Crippen molar-refractivity contribution in [1.82, 2.24) is 30.4 Å². The van der Waals surface area contributed by atoms with Crippen LogP contribution in [0.25, 0.3) is 55.9 Å². The molecule has 3 heterocycles. The second-order valence-corrected chi connectivity index (χ2v) is 9.24. The maximum Gasteiger partial charge on any atom is 0.201 e. The molecule has 9 nitrogen and oxygen atoms in total. The monoisotopic (exact) mass is 752 g/mol. The van der Waals surface area contributed by atoms with E-state index in [9.17, 15) is 10.1 Å². The van der Waals surface area contributed by atoms with Gasteiger partial charge < -0.3 is 4.98 Å². The van der Waals surface area contributed by atoms with Crippen LogP contribution in [0.1, 0.15) is 0 Å². The number of fused-ring (bicyclic) bond motifs is 1. The first-order chi connectivity index (χ1) is 21.2. The molecule has 0 spiro atoms. The van der Waals surface area contributed by atoms with Gasteiger partial charge in [0, 0.05) is 49.2 Å². The van der Waals surface area contributed by atoms with E-state index in [0.29, 0.717) is 11.4 Å². The van der Waals surface area contributed by atoms with Gasteiger partial charge in [0.15, 0.2) is 5.69 Å². The first-order valence-electron chi connectivity index (χ1n) is 13.2. The first-order valence-corrected chi connectivity index (χ1v) is 13.2. The number of nitro groups is 1. The van der Waals surface area contributed by atoms with Crippen LogP contribution in [0.15, 0.2) is 128 Å². The third kappa shape index (κ3) is 6.90. The molecule has 44 heavy (non-hydrogen) atoms. The zero-order chi connectivity index (χ0) is 29.4. The van der Waals surface area contributed by atoms with Crippen LogP contribution in [0.3, 0.4) is 0 Å². The van der Waals surface area contributed by atoms with E-state index in [-0.39, 0.29) is 31.6 Å². The van der Waals surface area contributed by atoms with Crippen LogP contribution in [-0.2, 0) is 20.1 Å². The van der Waals surface area contributed by atoms with Crippen LogP contribution in [0.5, 0.6) is 0 Å². The van der Waals surface area contributed by atoms with Gasteiger partial charge in [-0.05, 0) is 29.0 Å². The summed E-state index contributed by atoms with van der Waals surface area (Å²) in [7, 11) is 0. The second-order valence-electron chi connectivity index (χ2n) is 9.24. The minimum absolute atomic E-state index is 0. The third-order valence-corrected chi connectivity index (χ3v) is 6.49. The number of aromatic nitrogens is 6. The van der Waals surface area contributed by atoms with Crippen molar-refractivity contribution in [2.75, 3.05) is 0 Å². The van der Waals surface area contributed by atoms with E-state index in [4.69, 9.17) is 0 Å².